The molecule has 0 aliphatic carbocycles. The van der Waals surface area contributed by atoms with Gasteiger partial charge in [-0.15, -0.1) is 0 Å². The van der Waals surface area contributed by atoms with Gasteiger partial charge >= 0.3 is 5.97 Å². The van der Waals surface area contributed by atoms with Crippen LogP contribution in [0.15, 0.2) is 24.3 Å². The molecule has 0 spiro atoms. The molecule has 0 atom stereocenters. The lowest BCUT2D eigenvalue weighted by Gasteiger charge is -2.12. The van der Waals surface area contributed by atoms with Crippen LogP contribution in [-0.2, 0) is 14.3 Å². The highest BCUT2D eigenvalue weighted by atomic mass is 16.5. The molecule has 2 aromatic rings. The summed E-state index contributed by atoms with van der Waals surface area (Å²) in [7, 11) is 4.50. The third-order valence-corrected chi connectivity index (χ3v) is 3.42. The van der Waals surface area contributed by atoms with E-state index in [1.165, 1.54) is 33.5 Å². The minimum atomic E-state index is -0.669. The van der Waals surface area contributed by atoms with Gasteiger partial charge in [0.05, 0.1) is 21.3 Å². The summed E-state index contributed by atoms with van der Waals surface area (Å²) in [5.41, 5.74) is 1.44. The lowest BCUT2D eigenvalue weighted by Crippen LogP contribution is -2.20. The van der Waals surface area contributed by atoms with Crippen molar-refractivity contribution in [1.29, 1.82) is 0 Å². The standard InChI is InChI=1S/C18H21N3O6/c1-11-7-15(21-20-11)19-16(22)10-27-17(23)6-5-12-8-13(24-2)18(26-4)14(9-12)25-3/h5-9H,10H2,1-4H3,(H2,19,20,21,22). The zero-order valence-corrected chi connectivity index (χ0v) is 15.5. The first-order chi connectivity index (χ1) is 13.0. The Morgan fingerprint density at radius 1 is 1.11 bits per heavy atom. The zero-order valence-electron chi connectivity index (χ0n) is 15.5. The summed E-state index contributed by atoms with van der Waals surface area (Å²) in [5.74, 6) is 0.566. The Hall–Kier alpha value is -3.49. The first kappa shape index (κ1) is 19.8. The fourth-order valence-electron chi connectivity index (χ4n) is 2.21. The fraction of sp³-hybridized carbons (Fsp3) is 0.278. The van der Waals surface area contributed by atoms with Crippen molar-refractivity contribution in [2.75, 3.05) is 33.3 Å². The predicted molar refractivity (Wildman–Crippen MR) is 98.0 cm³/mol. The number of carbonyl (C=O) groups excluding carboxylic acids is 2. The first-order valence-electron chi connectivity index (χ1n) is 7.93. The van der Waals surface area contributed by atoms with Gasteiger partial charge in [-0.3, -0.25) is 9.89 Å². The first-order valence-corrected chi connectivity index (χ1v) is 7.93. The summed E-state index contributed by atoms with van der Waals surface area (Å²) in [6, 6.07) is 5.01. The molecule has 0 saturated carbocycles. The number of hydrogen-bond donors (Lipinski definition) is 2. The largest absolute Gasteiger partial charge is 0.493 e. The molecule has 9 heteroatoms. The van der Waals surface area contributed by atoms with Crippen molar-refractivity contribution in [3.05, 3.63) is 35.5 Å². The van der Waals surface area contributed by atoms with Gasteiger partial charge in [0.15, 0.2) is 23.9 Å². The van der Waals surface area contributed by atoms with Crippen LogP contribution >= 0.6 is 0 Å². The molecule has 9 nitrogen and oxygen atoms in total. The number of aromatic amines is 1. The SMILES string of the molecule is COc1cc(C=CC(=O)OCC(=O)Nc2cc(C)[nH]n2)cc(OC)c1OC. The normalized spacial score (nSPS) is 10.5. The van der Waals surface area contributed by atoms with Gasteiger partial charge in [0.2, 0.25) is 5.75 Å². The van der Waals surface area contributed by atoms with E-state index in [1.54, 1.807) is 25.1 Å². The van der Waals surface area contributed by atoms with E-state index in [0.29, 0.717) is 28.6 Å². The highest BCUT2D eigenvalue weighted by Crippen LogP contribution is 2.38. The minimum absolute atomic E-state index is 0.363. The van der Waals surface area contributed by atoms with E-state index < -0.39 is 18.5 Å². The Morgan fingerprint density at radius 3 is 2.30 bits per heavy atom. The van der Waals surface area contributed by atoms with Crippen molar-refractivity contribution < 1.29 is 28.5 Å². The van der Waals surface area contributed by atoms with Crippen LogP contribution in [0.3, 0.4) is 0 Å². The summed E-state index contributed by atoms with van der Waals surface area (Å²) in [4.78, 5) is 23.5. The summed E-state index contributed by atoms with van der Waals surface area (Å²) in [5, 5.41) is 9.06. The topological polar surface area (TPSA) is 112 Å². The van der Waals surface area contributed by atoms with Crippen molar-refractivity contribution in [3.8, 4) is 17.2 Å². The van der Waals surface area contributed by atoms with Crippen LogP contribution in [0.5, 0.6) is 17.2 Å². The summed E-state index contributed by atoms with van der Waals surface area (Å²) in [6.45, 7) is 1.38. The van der Waals surface area contributed by atoms with E-state index in [4.69, 9.17) is 18.9 Å². The smallest absolute Gasteiger partial charge is 0.331 e. The number of carbonyl (C=O) groups is 2. The second-order valence-electron chi connectivity index (χ2n) is 5.38. The molecule has 0 bridgehead atoms. The maximum atomic E-state index is 11.8. The average molecular weight is 375 g/mol. The number of amides is 1. The predicted octanol–water partition coefficient (Wildman–Crippen LogP) is 1.94. The van der Waals surface area contributed by atoms with Crippen molar-refractivity contribution >= 4 is 23.8 Å². The van der Waals surface area contributed by atoms with Crippen molar-refractivity contribution in [2.24, 2.45) is 0 Å². The molecule has 0 aliphatic rings. The van der Waals surface area contributed by atoms with E-state index in [2.05, 4.69) is 15.5 Å². The molecule has 0 aliphatic heterocycles. The van der Waals surface area contributed by atoms with E-state index in [1.807, 2.05) is 0 Å². The number of benzene rings is 1. The Kier molecular flexibility index (Phi) is 6.81. The molecule has 1 aromatic carbocycles. The number of nitrogens with one attached hydrogen (secondary N) is 2. The number of rotatable bonds is 8. The van der Waals surface area contributed by atoms with Crippen LogP contribution in [-0.4, -0.2) is 50.0 Å². The zero-order chi connectivity index (χ0) is 19.8. The molecule has 2 rings (SSSR count). The van der Waals surface area contributed by atoms with Crippen molar-refractivity contribution in [3.63, 3.8) is 0 Å². The number of H-pyrrole nitrogens is 1. The van der Waals surface area contributed by atoms with Crippen LogP contribution in [0.25, 0.3) is 6.08 Å². The molecule has 2 N–H and O–H groups in total. The fourth-order valence-corrected chi connectivity index (χ4v) is 2.21. The lowest BCUT2D eigenvalue weighted by molar-refractivity contribution is -0.142. The third-order valence-electron chi connectivity index (χ3n) is 3.42. The van der Waals surface area contributed by atoms with Gasteiger partial charge in [0, 0.05) is 17.8 Å². The molecule has 0 saturated heterocycles. The second-order valence-corrected chi connectivity index (χ2v) is 5.38. The molecule has 144 valence electrons. The van der Waals surface area contributed by atoms with Gasteiger partial charge in [-0.2, -0.15) is 5.10 Å². The maximum Gasteiger partial charge on any atom is 0.331 e. The van der Waals surface area contributed by atoms with Crippen LogP contribution < -0.4 is 19.5 Å². The number of aromatic nitrogens is 2. The number of hydrogen-bond acceptors (Lipinski definition) is 7. The number of methoxy groups -OCH3 is 3. The van der Waals surface area contributed by atoms with Gasteiger partial charge in [-0.1, -0.05) is 0 Å². The molecular formula is C18H21N3O6. The average Bonchev–Trinajstić information content (AvgIpc) is 3.08. The molecule has 1 amide bonds. The molecule has 0 fully saturated rings. The third kappa shape index (κ3) is 5.50. The Morgan fingerprint density at radius 2 is 1.78 bits per heavy atom. The van der Waals surface area contributed by atoms with E-state index in [0.717, 1.165) is 5.69 Å². The summed E-state index contributed by atoms with van der Waals surface area (Å²) in [6.07, 6.45) is 2.72. The monoisotopic (exact) mass is 375 g/mol. The molecule has 0 unspecified atom stereocenters. The number of ether oxygens (including phenoxy) is 4. The number of nitrogens with zero attached hydrogens (tertiary/aromatic N) is 1. The minimum Gasteiger partial charge on any atom is -0.493 e. The Bertz CT molecular complexity index is 818. The molecule has 0 radical (unpaired) electrons. The molecule has 1 aromatic heterocycles. The number of esters is 1. The van der Waals surface area contributed by atoms with Crippen LogP contribution in [0, 0.1) is 6.92 Å². The summed E-state index contributed by atoms with van der Waals surface area (Å²) < 4.78 is 20.6. The van der Waals surface area contributed by atoms with Crippen molar-refractivity contribution in [1.82, 2.24) is 10.2 Å². The van der Waals surface area contributed by atoms with Gasteiger partial charge in [0.1, 0.15) is 0 Å². The lowest BCUT2D eigenvalue weighted by atomic mass is 10.1. The highest BCUT2D eigenvalue weighted by Gasteiger charge is 2.12. The Labute approximate surface area is 156 Å². The van der Waals surface area contributed by atoms with E-state index in [-0.39, 0.29) is 0 Å². The van der Waals surface area contributed by atoms with Crippen LogP contribution in [0.1, 0.15) is 11.3 Å². The second kappa shape index (κ2) is 9.27. The molecule has 1 heterocycles. The molecule has 27 heavy (non-hydrogen) atoms. The van der Waals surface area contributed by atoms with E-state index >= 15 is 0 Å². The van der Waals surface area contributed by atoms with Crippen LogP contribution in [0.2, 0.25) is 0 Å². The van der Waals surface area contributed by atoms with Crippen molar-refractivity contribution in [2.45, 2.75) is 6.92 Å². The van der Waals surface area contributed by atoms with Gasteiger partial charge < -0.3 is 24.3 Å². The quantitative estimate of drug-likeness (QED) is 0.536. The van der Waals surface area contributed by atoms with Gasteiger partial charge in [-0.05, 0) is 30.7 Å². The van der Waals surface area contributed by atoms with Gasteiger partial charge in [0.25, 0.3) is 5.91 Å². The van der Waals surface area contributed by atoms with Crippen LogP contribution in [0.4, 0.5) is 5.82 Å². The Balaban J connectivity index is 1.94. The van der Waals surface area contributed by atoms with Gasteiger partial charge in [-0.25, -0.2) is 4.79 Å². The van der Waals surface area contributed by atoms with E-state index in [9.17, 15) is 9.59 Å². The molecular weight excluding hydrogens is 354 g/mol. The summed E-state index contributed by atoms with van der Waals surface area (Å²) >= 11 is 0. The maximum absolute atomic E-state index is 11.8. The highest BCUT2D eigenvalue weighted by molar-refractivity contribution is 5.94. The number of anilines is 1. The number of aryl methyl sites for hydroxylation is 1.